The molecule has 3 atom stereocenters. The van der Waals surface area contributed by atoms with Gasteiger partial charge >= 0.3 is 7.82 Å². The molecule has 0 aliphatic heterocycles. The van der Waals surface area contributed by atoms with E-state index < -0.39 is 20.0 Å². The summed E-state index contributed by atoms with van der Waals surface area (Å²) in [6.07, 6.45) is 55.9. The summed E-state index contributed by atoms with van der Waals surface area (Å²) in [7, 11) is 1.49. The zero-order chi connectivity index (χ0) is 42.1. The minimum absolute atomic E-state index is 0.0381. The number of hydrogen-bond acceptors (Lipinski definition) is 5. The van der Waals surface area contributed by atoms with Gasteiger partial charge in [0, 0.05) is 6.42 Å². The van der Waals surface area contributed by atoms with Gasteiger partial charge in [0.05, 0.1) is 39.9 Å². The molecular weight excluding hydrogens is 732 g/mol. The van der Waals surface area contributed by atoms with Gasteiger partial charge in [0.15, 0.2) is 0 Å². The lowest BCUT2D eigenvalue weighted by atomic mass is 10.1. The zero-order valence-electron chi connectivity index (χ0n) is 36.5. The molecular formula is C48H82N2O6P+. The molecule has 3 unspecified atom stereocenters. The average molecular weight is 814 g/mol. The Hall–Kier alpha value is -2.84. The van der Waals surface area contributed by atoms with Crippen molar-refractivity contribution >= 4 is 13.7 Å². The van der Waals surface area contributed by atoms with Gasteiger partial charge < -0.3 is 19.8 Å². The van der Waals surface area contributed by atoms with Gasteiger partial charge in [-0.25, -0.2) is 4.57 Å². The maximum absolute atomic E-state index is 12.8. The van der Waals surface area contributed by atoms with Crippen molar-refractivity contribution in [1.29, 1.82) is 0 Å². The Kier molecular flexibility index (Phi) is 36.7. The summed E-state index contributed by atoms with van der Waals surface area (Å²) in [5, 5.41) is 13.7. The Morgan fingerprint density at radius 3 is 1.58 bits per heavy atom. The van der Waals surface area contributed by atoms with E-state index in [1.165, 1.54) is 25.7 Å². The fourth-order valence-electron chi connectivity index (χ4n) is 5.25. The van der Waals surface area contributed by atoms with Gasteiger partial charge in [0.2, 0.25) is 5.91 Å². The first-order valence-corrected chi connectivity index (χ1v) is 23.3. The number of likely N-dealkylation sites (N-methyl/N-ethyl adjacent to an activating group) is 1. The number of rotatable bonds is 37. The number of allylic oxidation sites excluding steroid dienone is 17. The third-order valence-corrected chi connectivity index (χ3v) is 9.69. The molecule has 0 aromatic heterocycles. The Labute approximate surface area is 349 Å². The summed E-state index contributed by atoms with van der Waals surface area (Å²) < 4.78 is 23.5. The van der Waals surface area contributed by atoms with E-state index in [1.54, 1.807) is 6.08 Å². The number of carbonyl (C=O) groups is 1. The summed E-state index contributed by atoms with van der Waals surface area (Å²) in [5.74, 6) is -0.240. The number of quaternary nitrogens is 1. The third kappa shape index (κ3) is 41.1. The molecule has 57 heavy (non-hydrogen) atoms. The van der Waals surface area contributed by atoms with Crippen LogP contribution in [0.25, 0.3) is 0 Å². The molecule has 0 heterocycles. The van der Waals surface area contributed by atoms with Gasteiger partial charge in [-0.2, -0.15) is 0 Å². The number of phosphoric ester groups is 1. The first-order valence-electron chi connectivity index (χ1n) is 21.8. The highest BCUT2D eigenvalue weighted by molar-refractivity contribution is 7.47. The van der Waals surface area contributed by atoms with Crippen LogP contribution in [0, 0.1) is 0 Å². The number of aliphatic hydroxyl groups excluding tert-OH is 1. The zero-order valence-corrected chi connectivity index (χ0v) is 37.4. The molecule has 0 rings (SSSR count). The van der Waals surface area contributed by atoms with Crippen LogP contribution in [0.15, 0.2) is 109 Å². The van der Waals surface area contributed by atoms with E-state index in [0.29, 0.717) is 17.4 Å². The minimum Gasteiger partial charge on any atom is -0.387 e. The van der Waals surface area contributed by atoms with E-state index >= 15 is 0 Å². The second-order valence-electron chi connectivity index (χ2n) is 15.3. The van der Waals surface area contributed by atoms with Gasteiger partial charge in [-0.1, -0.05) is 142 Å². The molecule has 0 aromatic carbocycles. The minimum atomic E-state index is -4.37. The van der Waals surface area contributed by atoms with Crippen LogP contribution in [0.1, 0.15) is 136 Å². The van der Waals surface area contributed by atoms with Crippen LogP contribution in [-0.4, -0.2) is 73.4 Å². The predicted octanol–water partition coefficient (Wildman–Crippen LogP) is 12.1. The van der Waals surface area contributed by atoms with Crippen molar-refractivity contribution in [3.05, 3.63) is 109 Å². The lowest BCUT2D eigenvalue weighted by Crippen LogP contribution is -2.45. The van der Waals surface area contributed by atoms with Crippen molar-refractivity contribution in [2.45, 2.75) is 148 Å². The molecule has 1 amide bonds. The second-order valence-corrected chi connectivity index (χ2v) is 16.8. The van der Waals surface area contributed by atoms with E-state index in [-0.39, 0.29) is 25.5 Å². The van der Waals surface area contributed by atoms with Crippen molar-refractivity contribution in [3.8, 4) is 0 Å². The highest BCUT2D eigenvalue weighted by Gasteiger charge is 2.27. The van der Waals surface area contributed by atoms with Gasteiger partial charge in [-0.15, -0.1) is 0 Å². The molecule has 8 nitrogen and oxygen atoms in total. The molecule has 0 saturated heterocycles. The number of carbonyl (C=O) groups excluding carboxylic acids is 1. The third-order valence-electron chi connectivity index (χ3n) is 8.70. The lowest BCUT2D eigenvalue weighted by Gasteiger charge is -2.25. The summed E-state index contributed by atoms with van der Waals surface area (Å²) >= 11 is 0. The van der Waals surface area contributed by atoms with Crippen LogP contribution in [-0.2, 0) is 18.4 Å². The summed E-state index contributed by atoms with van der Waals surface area (Å²) in [6, 6.07) is -0.899. The van der Waals surface area contributed by atoms with Crippen LogP contribution in [0.4, 0.5) is 0 Å². The summed E-state index contributed by atoms with van der Waals surface area (Å²) in [6.45, 7) is 4.57. The van der Waals surface area contributed by atoms with Crippen molar-refractivity contribution in [2.75, 3.05) is 40.9 Å². The maximum Gasteiger partial charge on any atom is 0.472 e. The summed E-state index contributed by atoms with van der Waals surface area (Å²) in [5.41, 5.74) is 0. The number of nitrogens with one attached hydrogen (secondary N) is 1. The first kappa shape index (κ1) is 54.2. The van der Waals surface area contributed by atoms with E-state index in [4.69, 9.17) is 9.05 Å². The van der Waals surface area contributed by atoms with E-state index in [9.17, 15) is 19.4 Å². The normalized spacial score (nSPS) is 15.4. The lowest BCUT2D eigenvalue weighted by molar-refractivity contribution is -0.870. The van der Waals surface area contributed by atoms with Crippen LogP contribution in [0.2, 0.25) is 0 Å². The SMILES string of the molecule is CC/C=C\C/C=C\C/C=C\C/C=C\C/C=C\C/C=C\CCCCC(=O)NC(COP(=O)(O)OCC[N+](C)(C)C)C(O)/C=C/CC/C=C/CC/C=C/CCCCCC. The Balaban J connectivity index is 4.61. The van der Waals surface area contributed by atoms with Crippen LogP contribution in [0.5, 0.6) is 0 Å². The van der Waals surface area contributed by atoms with Crippen molar-refractivity contribution in [2.24, 2.45) is 0 Å². The van der Waals surface area contributed by atoms with Gasteiger partial charge in [-0.3, -0.25) is 13.8 Å². The Morgan fingerprint density at radius 2 is 1.07 bits per heavy atom. The number of unbranched alkanes of at least 4 members (excludes halogenated alkanes) is 8. The molecule has 0 saturated carbocycles. The van der Waals surface area contributed by atoms with Crippen LogP contribution in [0.3, 0.4) is 0 Å². The molecule has 9 heteroatoms. The Morgan fingerprint density at radius 1 is 0.614 bits per heavy atom. The highest BCUT2D eigenvalue weighted by atomic mass is 31.2. The largest absolute Gasteiger partial charge is 0.472 e. The van der Waals surface area contributed by atoms with Crippen molar-refractivity contribution < 1.29 is 32.9 Å². The predicted molar refractivity (Wildman–Crippen MR) is 244 cm³/mol. The number of nitrogens with zero attached hydrogens (tertiary/aromatic N) is 1. The molecule has 0 aromatic rings. The van der Waals surface area contributed by atoms with Gasteiger partial charge in [0.25, 0.3) is 0 Å². The molecule has 0 aliphatic carbocycles. The Bertz CT molecular complexity index is 1290. The number of aliphatic hydroxyl groups is 1. The highest BCUT2D eigenvalue weighted by Crippen LogP contribution is 2.43. The molecule has 0 radical (unpaired) electrons. The van der Waals surface area contributed by atoms with Crippen LogP contribution < -0.4 is 5.32 Å². The molecule has 0 fully saturated rings. The van der Waals surface area contributed by atoms with E-state index in [1.807, 2.05) is 27.2 Å². The summed E-state index contributed by atoms with van der Waals surface area (Å²) in [4.78, 5) is 23.1. The quantitative estimate of drug-likeness (QED) is 0.0250. The maximum atomic E-state index is 12.8. The smallest absolute Gasteiger partial charge is 0.387 e. The fraction of sp³-hybridized carbons (Fsp3) is 0.604. The molecule has 3 N–H and O–H groups in total. The van der Waals surface area contributed by atoms with Crippen LogP contribution >= 0.6 is 7.82 Å². The topological polar surface area (TPSA) is 105 Å². The fourth-order valence-corrected chi connectivity index (χ4v) is 5.98. The van der Waals surface area contributed by atoms with Gasteiger partial charge in [-0.05, 0) is 96.3 Å². The molecule has 0 spiro atoms. The number of phosphoric acid groups is 1. The standard InChI is InChI=1S/C48H81N2O6P/c1-6-8-10-12-14-16-18-20-22-23-24-25-26-27-28-30-32-34-36-38-40-42-48(52)49-46(45-56-57(53,54)55-44-43-50(3,4)5)47(51)41-39-37-35-33-31-29-21-19-17-15-13-11-9-7-2/h8,10,14,16-17,19-20,22,24-25,27-28,31-34,39,41,46-47,51H,6-7,9,11-13,15,18,21,23,26,29-30,35-38,40,42-45H2,1-5H3,(H-,49,52,53,54)/p+1/b10-8-,16-14-,19-17+,22-20-,25-24-,28-27-,33-31+,34-32-,41-39+. The van der Waals surface area contributed by atoms with Crippen molar-refractivity contribution in [1.82, 2.24) is 5.32 Å². The first-order chi connectivity index (χ1) is 27.5. The number of amides is 1. The van der Waals surface area contributed by atoms with E-state index in [2.05, 4.69) is 116 Å². The van der Waals surface area contributed by atoms with Gasteiger partial charge in [0.1, 0.15) is 13.2 Å². The monoisotopic (exact) mass is 814 g/mol. The van der Waals surface area contributed by atoms with E-state index in [0.717, 1.165) is 83.5 Å². The number of hydrogen-bond donors (Lipinski definition) is 3. The average Bonchev–Trinajstić information content (AvgIpc) is 3.16. The molecule has 0 aliphatic rings. The van der Waals surface area contributed by atoms with Crippen molar-refractivity contribution in [3.63, 3.8) is 0 Å². The molecule has 0 bridgehead atoms. The molecule has 324 valence electrons. The second kappa shape index (κ2) is 38.7.